The predicted molar refractivity (Wildman–Crippen MR) is 63.9 cm³/mol. The van der Waals surface area contributed by atoms with Crippen LogP contribution < -0.4 is 10.6 Å². The Kier molecular flexibility index (Phi) is 3.42. The molecule has 90 valence electrons. The number of carbonyl (C=O) groups excluding carboxylic acids is 2. The van der Waals surface area contributed by atoms with Gasteiger partial charge in [0.2, 0.25) is 11.8 Å². The molecule has 1 fully saturated rings. The van der Waals surface area contributed by atoms with Crippen LogP contribution in [-0.4, -0.2) is 17.9 Å². The summed E-state index contributed by atoms with van der Waals surface area (Å²) >= 11 is 3.15. The van der Waals surface area contributed by atoms with Crippen molar-refractivity contribution in [3.63, 3.8) is 0 Å². The van der Waals surface area contributed by atoms with E-state index in [1.165, 1.54) is 6.07 Å². The molecule has 1 heterocycles. The van der Waals surface area contributed by atoms with Crippen molar-refractivity contribution in [2.75, 3.05) is 5.32 Å². The molecule has 0 saturated carbocycles. The first-order valence-corrected chi connectivity index (χ1v) is 5.91. The fraction of sp³-hybridized carbons (Fsp3) is 0.273. The molecule has 0 bridgehead atoms. The van der Waals surface area contributed by atoms with Crippen molar-refractivity contribution in [3.05, 3.63) is 28.5 Å². The van der Waals surface area contributed by atoms with E-state index in [4.69, 9.17) is 0 Å². The molecule has 0 aromatic heterocycles. The third-order valence-electron chi connectivity index (χ3n) is 2.50. The number of carbonyl (C=O) groups is 2. The molecular formula is C11H10BrFN2O2. The number of halogens is 2. The van der Waals surface area contributed by atoms with Crippen LogP contribution in [0.3, 0.4) is 0 Å². The Bertz CT molecular complexity index is 479. The van der Waals surface area contributed by atoms with Gasteiger partial charge in [-0.05, 0) is 24.6 Å². The number of amides is 2. The second-order valence-electron chi connectivity index (χ2n) is 3.77. The van der Waals surface area contributed by atoms with Gasteiger partial charge in [-0.15, -0.1) is 0 Å². The SMILES string of the molecule is O=C1CCC(Nc2ccc(Br)cc2F)C(=O)N1. The Labute approximate surface area is 106 Å². The highest BCUT2D eigenvalue weighted by Gasteiger charge is 2.26. The van der Waals surface area contributed by atoms with Gasteiger partial charge in [-0.1, -0.05) is 15.9 Å². The maximum atomic E-state index is 13.5. The Morgan fingerprint density at radius 2 is 2.18 bits per heavy atom. The van der Waals surface area contributed by atoms with Crippen LogP contribution in [0.5, 0.6) is 0 Å². The Hall–Kier alpha value is -1.43. The number of piperidine rings is 1. The minimum Gasteiger partial charge on any atom is -0.371 e. The van der Waals surface area contributed by atoms with E-state index in [2.05, 4.69) is 26.6 Å². The van der Waals surface area contributed by atoms with Crippen LogP contribution in [0.15, 0.2) is 22.7 Å². The Balaban J connectivity index is 2.10. The molecule has 0 aliphatic carbocycles. The molecule has 0 radical (unpaired) electrons. The fourth-order valence-corrected chi connectivity index (χ4v) is 1.96. The molecule has 2 amide bonds. The number of anilines is 1. The number of nitrogens with one attached hydrogen (secondary N) is 2. The topological polar surface area (TPSA) is 58.2 Å². The molecule has 1 saturated heterocycles. The van der Waals surface area contributed by atoms with Crippen LogP contribution in [0.2, 0.25) is 0 Å². The summed E-state index contributed by atoms with van der Waals surface area (Å²) in [6.07, 6.45) is 0.641. The lowest BCUT2D eigenvalue weighted by Gasteiger charge is -2.22. The monoisotopic (exact) mass is 300 g/mol. The zero-order chi connectivity index (χ0) is 12.4. The predicted octanol–water partition coefficient (Wildman–Crippen LogP) is 1.81. The molecule has 17 heavy (non-hydrogen) atoms. The van der Waals surface area contributed by atoms with Gasteiger partial charge in [0, 0.05) is 10.9 Å². The van der Waals surface area contributed by atoms with E-state index in [1.807, 2.05) is 0 Å². The molecule has 0 spiro atoms. The summed E-state index contributed by atoms with van der Waals surface area (Å²) in [5, 5.41) is 4.99. The average Bonchev–Trinajstić information content (AvgIpc) is 2.25. The zero-order valence-corrected chi connectivity index (χ0v) is 10.4. The van der Waals surface area contributed by atoms with Crippen molar-refractivity contribution in [2.24, 2.45) is 0 Å². The number of rotatable bonds is 2. The maximum Gasteiger partial charge on any atom is 0.249 e. The standard InChI is InChI=1S/C11H10BrFN2O2/c12-6-1-2-8(7(13)5-6)14-9-3-4-10(16)15-11(9)17/h1-2,5,9,14H,3-4H2,(H,15,16,17). The average molecular weight is 301 g/mol. The molecule has 4 nitrogen and oxygen atoms in total. The quantitative estimate of drug-likeness (QED) is 0.819. The first-order chi connectivity index (χ1) is 8.06. The number of hydrogen-bond acceptors (Lipinski definition) is 3. The second kappa shape index (κ2) is 4.83. The number of benzene rings is 1. The molecule has 1 aromatic carbocycles. The van der Waals surface area contributed by atoms with Gasteiger partial charge in [0.05, 0.1) is 5.69 Å². The summed E-state index contributed by atoms with van der Waals surface area (Å²) in [7, 11) is 0. The van der Waals surface area contributed by atoms with E-state index in [1.54, 1.807) is 12.1 Å². The third kappa shape index (κ3) is 2.82. The molecular weight excluding hydrogens is 291 g/mol. The lowest BCUT2D eigenvalue weighted by molar-refractivity contribution is -0.133. The highest BCUT2D eigenvalue weighted by atomic mass is 79.9. The summed E-state index contributed by atoms with van der Waals surface area (Å²) in [4.78, 5) is 22.4. The second-order valence-corrected chi connectivity index (χ2v) is 4.69. The summed E-state index contributed by atoms with van der Waals surface area (Å²) in [6, 6.07) is 3.97. The van der Waals surface area contributed by atoms with Crippen LogP contribution in [-0.2, 0) is 9.59 Å². The van der Waals surface area contributed by atoms with E-state index in [-0.39, 0.29) is 18.0 Å². The molecule has 6 heteroatoms. The lowest BCUT2D eigenvalue weighted by Crippen LogP contribution is -2.47. The van der Waals surface area contributed by atoms with E-state index >= 15 is 0 Å². The van der Waals surface area contributed by atoms with Crippen LogP contribution >= 0.6 is 15.9 Å². The van der Waals surface area contributed by atoms with E-state index in [0.29, 0.717) is 10.9 Å². The molecule has 1 unspecified atom stereocenters. The third-order valence-corrected chi connectivity index (χ3v) is 2.99. The molecule has 1 aromatic rings. The largest absolute Gasteiger partial charge is 0.371 e. The molecule has 1 aliphatic rings. The Morgan fingerprint density at radius 3 is 2.82 bits per heavy atom. The first-order valence-electron chi connectivity index (χ1n) is 5.11. The van der Waals surface area contributed by atoms with Gasteiger partial charge in [0.1, 0.15) is 11.9 Å². The van der Waals surface area contributed by atoms with Crippen molar-refractivity contribution in [1.29, 1.82) is 0 Å². The van der Waals surface area contributed by atoms with Crippen molar-refractivity contribution in [1.82, 2.24) is 5.32 Å². The van der Waals surface area contributed by atoms with E-state index < -0.39 is 17.8 Å². The summed E-state index contributed by atoms with van der Waals surface area (Å²) in [6.45, 7) is 0. The van der Waals surface area contributed by atoms with Crippen molar-refractivity contribution < 1.29 is 14.0 Å². The summed E-state index contributed by atoms with van der Waals surface area (Å²) in [5.41, 5.74) is 0.252. The zero-order valence-electron chi connectivity index (χ0n) is 8.80. The number of hydrogen-bond donors (Lipinski definition) is 2. The van der Waals surface area contributed by atoms with Crippen molar-refractivity contribution in [3.8, 4) is 0 Å². The van der Waals surface area contributed by atoms with Gasteiger partial charge in [-0.25, -0.2) is 4.39 Å². The normalized spacial score (nSPS) is 20.0. The van der Waals surface area contributed by atoms with E-state index in [0.717, 1.165) is 0 Å². The maximum absolute atomic E-state index is 13.5. The van der Waals surface area contributed by atoms with Crippen molar-refractivity contribution >= 4 is 33.4 Å². The molecule has 1 aliphatic heterocycles. The van der Waals surface area contributed by atoms with Crippen LogP contribution in [0.25, 0.3) is 0 Å². The van der Waals surface area contributed by atoms with Gasteiger partial charge in [-0.3, -0.25) is 14.9 Å². The van der Waals surface area contributed by atoms with Gasteiger partial charge in [0.25, 0.3) is 0 Å². The number of imide groups is 1. The highest BCUT2D eigenvalue weighted by molar-refractivity contribution is 9.10. The molecule has 1 atom stereocenters. The van der Waals surface area contributed by atoms with Crippen molar-refractivity contribution in [2.45, 2.75) is 18.9 Å². The first kappa shape index (κ1) is 12.0. The smallest absolute Gasteiger partial charge is 0.249 e. The minimum atomic E-state index is -0.566. The van der Waals surface area contributed by atoms with Gasteiger partial charge in [0.15, 0.2) is 0 Å². The van der Waals surface area contributed by atoms with Gasteiger partial charge < -0.3 is 5.32 Å². The lowest BCUT2D eigenvalue weighted by atomic mass is 10.1. The van der Waals surface area contributed by atoms with Crippen LogP contribution in [0.1, 0.15) is 12.8 Å². The van der Waals surface area contributed by atoms with Gasteiger partial charge in [-0.2, -0.15) is 0 Å². The van der Waals surface area contributed by atoms with Crippen LogP contribution in [0, 0.1) is 5.82 Å². The van der Waals surface area contributed by atoms with E-state index in [9.17, 15) is 14.0 Å². The van der Waals surface area contributed by atoms with Gasteiger partial charge >= 0.3 is 0 Å². The summed E-state index contributed by atoms with van der Waals surface area (Å²) in [5.74, 6) is -1.14. The summed E-state index contributed by atoms with van der Waals surface area (Å²) < 4.78 is 14.1. The minimum absolute atomic E-state index is 0.252. The van der Waals surface area contributed by atoms with Crippen LogP contribution in [0.4, 0.5) is 10.1 Å². The molecule has 2 rings (SSSR count). The fourth-order valence-electron chi connectivity index (χ4n) is 1.63. The molecule has 2 N–H and O–H groups in total. The Morgan fingerprint density at radius 1 is 1.41 bits per heavy atom. The highest BCUT2D eigenvalue weighted by Crippen LogP contribution is 2.21.